The van der Waals surface area contributed by atoms with Crippen LogP contribution in [0.15, 0.2) is 24.4 Å². The van der Waals surface area contributed by atoms with Gasteiger partial charge < -0.3 is 9.47 Å². The number of ether oxygens (including phenoxy) is 2. The van der Waals surface area contributed by atoms with Crippen molar-refractivity contribution < 1.29 is 9.47 Å². The normalized spacial score (nSPS) is 10.0. The Kier molecular flexibility index (Phi) is 4.66. The topological polar surface area (TPSA) is 55.1 Å². The maximum atomic E-state index is 9.07. The standard InChI is InChI=1S/C16H15ClN2O2/c1-10-8-19-14(11(2)16(10)20-3)9-21-15-6-13(17)5-4-12(15)7-18/h4-6,8H,9H2,1-3H3. The Hall–Kier alpha value is -2.25. The fraction of sp³-hybridized carbons (Fsp3) is 0.250. The van der Waals surface area contributed by atoms with Crippen LogP contribution < -0.4 is 9.47 Å². The molecular formula is C16H15ClN2O2. The van der Waals surface area contributed by atoms with Crippen molar-refractivity contribution in [3.8, 4) is 17.6 Å². The Morgan fingerprint density at radius 3 is 2.76 bits per heavy atom. The molecule has 0 aliphatic carbocycles. The van der Waals surface area contributed by atoms with Crippen LogP contribution in [0.1, 0.15) is 22.4 Å². The summed E-state index contributed by atoms with van der Waals surface area (Å²) >= 11 is 5.93. The van der Waals surface area contributed by atoms with Gasteiger partial charge in [0.05, 0.1) is 18.4 Å². The lowest BCUT2D eigenvalue weighted by atomic mass is 10.1. The largest absolute Gasteiger partial charge is 0.496 e. The Morgan fingerprint density at radius 2 is 2.10 bits per heavy atom. The van der Waals surface area contributed by atoms with Crippen molar-refractivity contribution in [2.24, 2.45) is 0 Å². The maximum absolute atomic E-state index is 9.07. The summed E-state index contributed by atoms with van der Waals surface area (Å²) in [4.78, 5) is 4.36. The van der Waals surface area contributed by atoms with Gasteiger partial charge in [0, 0.05) is 28.4 Å². The van der Waals surface area contributed by atoms with Crippen LogP contribution in [0.5, 0.6) is 11.5 Å². The molecular weight excluding hydrogens is 288 g/mol. The third kappa shape index (κ3) is 3.26. The van der Waals surface area contributed by atoms with E-state index in [1.54, 1.807) is 31.5 Å². The van der Waals surface area contributed by atoms with Crippen LogP contribution in [0.2, 0.25) is 5.02 Å². The summed E-state index contributed by atoms with van der Waals surface area (Å²) in [5.74, 6) is 1.25. The summed E-state index contributed by atoms with van der Waals surface area (Å²) in [7, 11) is 1.63. The molecule has 0 aliphatic heterocycles. The number of pyridine rings is 1. The van der Waals surface area contributed by atoms with E-state index >= 15 is 0 Å². The minimum atomic E-state index is 0.248. The first kappa shape index (κ1) is 15.1. The molecule has 0 bridgehead atoms. The van der Waals surface area contributed by atoms with Gasteiger partial charge in [0.15, 0.2) is 0 Å². The summed E-state index contributed by atoms with van der Waals surface area (Å²) in [5.41, 5.74) is 3.11. The molecule has 0 unspecified atom stereocenters. The monoisotopic (exact) mass is 302 g/mol. The number of nitriles is 1. The second-order valence-electron chi connectivity index (χ2n) is 4.59. The van der Waals surface area contributed by atoms with Gasteiger partial charge in [-0.05, 0) is 26.0 Å². The van der Waals surface area contributed by atoms with Crippen LogP contribution in [0.3, 0.4) is 0 Å². The summed E-state index contributed by atoms with van der Waals surface area (Å²) in [5, 5.41) is 9.59. The highest BCUT2D eigenvalue weighted by Gasteiger charge is 2.11. The molecule has 21 heavy (non-hydrogen) atoms. The number of methoxy groups -OCH3 is 1. The highest BCUT2D eigenvalue weighted by atomic mass is 35.5. The number of hydrogen-bond acceptors (Lipinski definition) is 4. The molecule has 4 nitrogen and oxygen atoms in total. The van der Waals surface area contributed by atoms with Crippen molar-refractivity contribution in [2.45, 2.75) is 20.5 Å². The molecule has 0 saturated carbocycles. The highest BCUT2D eigenvalue weighted by molar-refractivity contribution is 6.30. The summed E-state index contributed by atoms with van der Waals surface area (Å²) in [6.07, 6.45) is 1.74. The van der Waals surface area contributed by atoms with Gasteiger partial charge in [-0.2, -0.15) is 5.26 Å². The lowest BCUT2D eigenvalue weighted by Gasteiger charge is -2.13. The molecule has 1 aromatic carbocycles. The van der Waals surface area contributed by atoms with Crippen molar-refractivity contribution in [3.63, 3.8) is 0 Å². The Labute approximate surface area is 128 Å². The van der Waals surface area contributed by atoms with Crippen molar-refractivity contribution in [3.05, 3.63) is 51.8 Å². The minimum Gasteiger partial charge on any atom is -0.496 e. The first-order chi connectivity index (χ1) is 10.1. The first-order valence-corrected chi connectivity index (χ1v) is 6.76. The molecule has 0 aliphatic rings. The molecule has 2 aromatic rings. The van der Waals surface area contributed by atoms with E-state index in [4.69, 9.17) is 26.3 Å². The van der Waals surface area contributed by atoms with Gasteiger partial charge in [-0.1, -0.05) is 11.6 Å². The van der Waals surface area contributed by atoms with Gasteiger partial charge >= 0.3 is 0 Å². The van der Waals surface area contributed by atoms with Gasteiger partial charge in [-0.15, -0.1) is 0 Å². The van der Waals surface area contributed by atoms with E-state index in [1.807, 2.05) is 13.8 Å². The number of benzene rings is 1. The molecule has 1 heterocycles. The molecule has 108 valence electrons. The second-order valence-corrected chi connectivity index (χ2v) is 5.02. The molecule has 0 atom stereocenters. The average molecular weight is 303 g/mol. The molecule has 0 spiro atoms. The summed E-state index contributed by atoms with van der Waals surface area (Å²) in [6.45, 7) is 4.12. The average Bonchev–Trinajstić information content (AvgIpc) is 2.47. The van der Waals surface area contributed by atoms with Crippen LogP contribution in [-0.4, -0.2) is 12.1 Å². The van der Waals surface area contributed by atoms with E-state index < -0.39 is 0 Å². The van der Waals surface area contributed by atoms with Crippen LogP contribution in [0.4, 0.5) is 0 Å². The molecule has 0 fully saturated rings. The smallest absolute Gasteiger partial charge is 0.139 e. The predicted octanol–water partition coefficient (Wildman–Crippen LogP) is 3.81. The number of rotatable bonds is 4. The Morgan fingerprint density at radius 1 is 1.33 bits per heavy atom. The van der Waals surface area contributed by atoms with E-state index in [-0.39, 0.29) is 6.61 Å². The van der Waals surface area contributed by atoms with Crippen molar-refractivity contribution >= 4 is 11.6 Å². The van der Waals surface area contributed by atoms with Crippen LogP contribution in [0.25, 0.3) is 0 Å². The van der Waals surface area contributed by atoms with E-state index in [0.29, 0.717) is 16.3 Å². The van der Waals surface area contributed by atoms with Gasteiger partial charge in [0.1, 0.15) is 24.2 Å². The number of nitrogens with zero attached hydrogens (tertiary/aromatic N) is 2. The number of aryl methyl sites for hydroxylation is 1. The fourth-order valence-electron chi connectivity index (χ4n) is 2.07. The van der Waals surface area contributed by atoms with Crippen molar-refractivity contribution in [2.75, 3.05) is 7.11 Å². The van der Waals surface area contributed by atoms with E-state index in [9.17, 15) is 0 Å². The zero-order chi connectivity index (χ0) is 15.4. The van der Waals surface area contributed by atoms with E-state index in [0.717, 1.165) is 22.6 Å². The molecule has 2 rings (SSSR count). The lowest BCUT2D eigenvalue weighted by molar-refractivity contribution is 0.298. The minimum absolute atomic E-state index is 0.248. The second kappa shape index (κ2) is 6.47. The van der Waals surface area contributed by atoms with E-state index in [1.165, 1.54) is 0 Å². The molecule has 1 aromatic heterocycles. The Bertz CT molecular complexity index is 708. The zero-order valence-corrected chi connectivity index (χ0v) is 12.9. The Balaban J connectivity index is 2.25. The quantitative estimate of drug-likeness (QED) is 0.861. The lowest BCUT2D eigenvalue weighted by Crippen LogP contribution is -2.04. The molecule has 5 heteroatoms. The van der Waals surface area contributed by atoms with Crippen molar-refractivity contribution in [1.29, 1.82) is 5.26 Å². The van der Waals surface area contributed by atoms with Crippen LogP contribution in [-0.2, 0) is 6.61 Å². The van der Waals surface area contributed by atoms with Crippen LogP contribution >= 0.6 is 11.6 Å². The number of halogens is 1. The number of aromatic nitrogens is 1. The zero-order valence-electron chi connectivity index (χ0n) is 12.1. The number of hydrogen-bond donors (Lipinski definition) is 0. The van der Waals surface area contributed by atoms with Gasteiger partial charge in [-0.3, -0.25) is 4.98 Å². The maximum Gasteiger partial charge on any atom is 0.139 e. The summed E-state index contributed by atoms with van der Waals surface area (Å²) in [6, 6.07) is 6.99. The first-order valence-electron chi connectivity index (χ1n) is 6.38. The van der Waals surface area contributed by atoms with E-state index in [2.05, 4.69) is 11.1 Å². The van der Waals surface area contributed by atoms with Gasteiger partial charge in [0.2, 0.25) is 0 Å². The van der Waals surface area contributed by atoms with Gasteiger partial charge in [0.25, 0.3) is 0 Å². The molecule has 0 radical (unpaired) electrons. The third-order valence-electron chi connectivity index (χ3n) is 3.18. The predicted molar refractivity (Wildman–Crippen MR) is 80.8 cm³/mol. The third-order valence-corrected chi connectivity index (χ3v) is 3.41. The van der Waals surface area contributed by atoms with Crippen LogP contribution in [0, 0.1) is 25.2 Å². The molecule has 0 amide bonds. The molecule has 0 saturated heterocycles. The van der Waals surface area contributed by atoms with Gasteiger partial charge in [-0.25, -0.2) is 0 Å². The summed E-state index contributed by atoms with van der Waals surface area (Å²) < 4.78 is 11.1. The molecule has 0 N–H and O–H groups in total. The van der Waals surface area contributed by atoms with Crippen molar-refractivity contribution in [1.82, 2.24) is 4.98 Å². The fourth-order valence-corrected chi connectivity index (χ4v) is 2.23. The SMILES string of the molecule is COc1c(C)cnc(COc2cc(Cl)ccc2C#N)c1C. The highest BCUT2D eigenvalue weighted by Crippen LogP contribution is 2.27.